The van der Waals surface area contributed by atoms with Gasteiger partial charge in [0.15, 0.2) is 12.4 Å². The summed E-state index contributed by atoms with van der Waals surface area (Å²) in [5.74, 6) is -0.780. The van der Waals surface area contributed by atoms with Crippen molar-refractivity contribution in [3.05, 3.63) is 143 Å². The Kier molecular flexibility index (Phi) is 11.8. The average Bonchev–Trinajstić information content (AvgIpc) is 3.17. The van der Waals surface area contributed by atoms with Crippen molar-refractivity contribution >= 4 is 22.6 Å². The summed E-state index contributed by atoms with van der Waals surface area (Å²) in [7, 11) is 2.15. The minimum atomic E-state index is -0.854. The monoisotopic (exact) mass is 700 g/mol. The zero-order valence-electron chi connectivity index (χ0n) is 30.5. The van der Waals surface area contributed by atoms with Gasteiger partial charge >= 0.3 is 5.97 Å². The Labute approximate surface area is 306 Å². The fraction of sp³-hybridized carbons (Fsp3) is 0.318. The molecule has 2 N–H and O–H groups in total. The van der Waals surface area contributed by atoms with Crippen LogP contribution in [0.1, 0.15) is 73.9 Å². The van der Waals surface area contributed by atoms with Crippen LogP contribution in [0, 0.1) is 5.92 Å². The molecule has 270 valence electrons. The van der Waals surface area contributed by atoms with E-state index in [0.29, 0.717) is 13.1 Å². The van der Waals surface area contributed by atoms with Crippen molar-refractivity contribution in [3.63, 3.8) is 0 Å². The molecule has 52 heavy (non-hydrogen) atoms. The third-order valence-electron chi connectivity index (χ3n) is 10.1. The number of nitrogens with zero attached hydrogens (tertiary/aromatic N) is 1. The number of aliphatic hydroxyl groups is 1. The van der Waals surface area contributed by atoms with Crippen LogP contribution < -0.4 is 5.32 Å². The number of likely N-dealkylation sites (N-methyl/N-ethyl adjacent to an activating group) is 1. The molecule has 1 amide bonds. The van der Waals surface area contributed by atoms with E-state index < -0.39 is 18.4 Å². The van der Waals surface area contributed by atoms with Crippen LogP contribution in [0.25, 0.3) is 21.9 Å². The molecular formula is C44H48N2O6. The highest BCUT2D eigenvalue weighted by molar-refractivity contribution is 5.83. The molecule has 6 rings (SSSR count). The normalized spacial score (nSPS) is 20.0. The highest BCUT2D eigenvalue weighted by Crippen LogP contribution is 2.42. The molecule has 0 radical (unpaired) electrons. The number of rotatable bonds is 12. The Morgan fingerprint density at radius 2 is 1.52 bits per heavy atom. The van der Waals surface area contributed by atoms with E-state index in [4.69, 9.17) is 14.2 Å². The Balaban J connectivity index is 1.19. The van der Waals surface area contributed by atoms with Crippen molar-refractivity contribution in [2.45, 2.75) is 71.5 Å². The number of esters is 1. The molecule has 6 atom stereocenters. The van der Waals surface area contributed by atoms with E-state index in [2.05, 4.69) is 97.8 Å². The van der Waals surface area contributed by atoms with E-state index in [1.165, 1.54) is 23.3 Å². The Morgan fingerprint density at radius 1 is 0.808 bits per heavy atom. The number of hydrogen-bond donors (Lipinski definition) is 2. The van der Waals surface area contributed by atoms with Crippen LogP contribution in [0.4, 0.5) is 0 Å². The van der Waals surface area contributed by atoms with Crippen LogP contribution in [0.2, 0.25) is 0 Å². The maximum Gasteiger partial charge on any atom is 0.303 e. The first-order chi connectivity index (χ1) is 25.1. The summed E-state index contributed by atoms with van der Waals surface area (Å²) in [5.41, 5.74) is 7.05. The van der Waals surface area contributed by atoms with Gasteiger partial charge in [0.2, 0.25) is 0 Å². The molecule has 0 aliphatic carbocycles. The predicted octanol–water partition coefficient (Wildman–Crippen LogP) is 8.05. The molecule has 0 bridgehead atoms. The molecule has 5 aromatic rings. The molecule has 6 unspecified atom stereocenters. The molecule has 1 saturated heterocycles. The number of benzene rings is 5. The number of carbonyl (C=O) groups excluding carboxylic acids is 2. The molecule has 0 aromatic heterocycles. The first-order valence-corrected chi connectivity index (χ1v) is 17.9. The fourth-order valence-corrected chi connectivity index (χ4v) is 6.82. The van der Waals surface area contributed by atoms with Gasteiger partial charge in [-0.25, -0.2) is 0 Å². The van der Waals surface area contributed by atoms with Gasteiger partial charge in [-0.05, 0) is 77.2 Å². The number of aliphatic hydroxyl groups excluding tert-OH is 1. The van der Waals surface area contributed by atoms with Crippen molar-refractivity contribution in [3.8, 4) is 11.1 Å². The van der Waals surface area contributed by atoms with E-state index >= 15 is 0 Å². The van der Waals surface area contributed by atoms with Crippen LogP contribution >= 0.6 is 0 Å². The summed E-state index contributed by atoms with van der Waals surface area (Å²) in [6.45, 7) is 8.28. The first kappa shape index (κ1) is 36.9. The Bertz CT molecular complexity index is 1980. The highest BCUT2D eigenvalue weighted by atomic mass is 16.7. The SMILES string of the molecule is CC(=O)OC(C)C(=O)NCc1cccc(-c2ccc(C3OC(CN(C)C(C)c4ccc5ccccc5c4)C(C)C(c4ccc(CO)cc4)O3)cc2)c1. The summed E-state index contributed by atoms with van der Waals surface area (Å²) in [5, 5.41) is 15.0. The largest absolute Gasteiger partial charge is 0.453 e. The summed E-state index contributed by atoms with van der Waals surface area (Å²) >= 11 is 0. The van der Waals surface area contributed by atoms with Gasteiger partial charge in [0.05, 0.1) is 18.8 Å². The van der Waals surface area contributed by atoms with E-state index in [9.17, 15) is 14.7 Å². The lowest BCUT2D eigenvalue weighted by Gasteiger charge is -2.43. The Morgan fingerprint density at radius 3 is 2.23 bits per heavy atom. The van der Waals surface area contributed by atoms with Gasteiger partial charge in [-0.2, -0.15) is 0 Å². The second kappa shape index (κ2) is 16.7. The first-order valence-electron chi connectivity index (χ1n) is 17.9. The predicted molar refractivity (Wildman–Crippen MR) is 203 cm³/mol. The van der Waals surface area contributed by atoms with E-state index in [-0.39, 0.29) is 36.7 Å². The fourth-order valence-electron chi connectivity index (χ4n) is 6.82. The standard InChI is InChI=1S/C44H48N2O6/c1-28-41(26-46(5)29(2)38-22-19-34-10-6-7-11-40(34)24-38)51-44(52-42(28)36-15-13-32(27-47)14-16-36)37-20-17-35(18-21-37)39-12-8-9-33(23-39)25-45-43(49)30(3)50-31(4)48/h6-24,28-30,41-42,44,47H,25-27H2,1-5H3,(H,45,49). The van der Waals surface area contributed by atoms with Gasteiger partial charge < -0.3 is 24.6 Å². The summed E-state index contributed by atoms with van der Waals surface area (Å²) < 4.78 is 18.5. The molecule has 0 saturated carbocycles. The van der Waals surface area contributed by atoms with Gasteiger partial charge in [-0.1, -0.05) is 110 Å². The van der Waals surface area contributed by atoms with Crippen molar-refractivity contribution < 1.29 is 28.9 Å². The van der Waals surface area contributed by atoms with Crippen LogP contribution in [0.3, 0.4) is 0 Å². The lowest BCUT2D eigenvalue weighted by atomic mass is 9.89. The third-order valence-corrected chi connectivity index (χ3v) is 10.1. The second-order valence-electron chi connectivity index (χ2n) is 13.8. The van der Waals surface area contributed by atoms with E-state index in [1.807, 2.05) is 48.5 Å². The molecule has 1 aliphatic rings. The number of hydrogen-bond acceptors (Lipinski definition) is 7. The van der Waals surface area contributed by atoms with Gasteiger partial charge in [0.1, 0.15) is 0 Å². The molecule has 1 heterocycles. The van der Waals surface area contributed by atoms with Crippen molar-refractivity contribution in [2.75, 3.05) is 13.6 Å². The summed E-state index contributed by atoms with van der Waals surface area (Å²) in [6, 6.07) is 39.5. The molecule has 5 aromatic carbocycles. The zero-order valence-corrected chi connectivity index (χ0v) is 30.5. The third kappa shape index (κ3) is 8.77. The van der Waals surface area contributed by atoms with Crippen LogP contribution in [-0.2, 0) is 37.0 Å². The number of nitrogens with one attached hydrogen (secondary N) is 1. The molecule has 8 heteroatoms. The van der Waals surface area contributed by atoms with Gasteiger partial charge in [0.25, 0.3) is 5.91 Å². The highest BCUT2D eigenvalue weighted by Gasteiger charge is 2.39. The van der Waals surface area contributed by atoms with E-state index in [0.717, 1.165) is 33.4 Å². The minimum Gasteiger partial charge on any atom is -0.453 e. The topological polar surface area (TPSA) is 97.3 Å². The van der Waals surface area contributed by atoms with Crippen molar-refractivity contribution in [2.24, 2.45) is 5.92 Å². The Hall–Kier alpha value is -4.86. The number of amides is 1. The van der Waals surface area contributed by atoms with Crippen LogP contribution in [-0.4, -0.2) is 47.7 Å². The van der Waals surface area contributed by atoms with Crippen LogP contribution in [0.15, 0.2) is 115 Å². The molecule has 0 spiro atoms. The summed E-state index contributed by atoms with van der Waals surface area (Å²) in [6.07, 6.45) is -1.77. The number of carbonyl (C=O) groups is 2. The number of ether oxygens (including phenoxy) is 3. The molecule has 1 fully saturated rings. The molecular weight excluding hydrogens is 652 g/mol. The quantitative estimate of drug-likeness (QED) is 0.127. The maximum atomic E-state index is 12.4. The second-order valence-corrected chi connectivity index (χ2v) is 13.8. The van der Waals surface area contributed by atoms with Gasteiger partial charge in [-0.15, -0.1) is 0 Å². The van der Waals surface area contributed by atoms with Crippen molar-refractivity contribution in [1.29, 1.82) is 0 Å². The maximum absolute atomic E-state index is 12.4. The lowest BCUT2D eigenvalue weighted by Crippen LogP contribution is -2.44. The van der Waals surface area contributed by atoms with Gasteiger partial charge in [-0.3, -0.25) is 14.5 Å². The lowest BCUT2D eigenvalue weighted by molar-refractivity contribution is -0.276. The minimum absolute atomic E-state index is 0.00758. The van der Waals surface area contributed by atoms with Crippen molar-refractivity contribution in [1.82, 2.24) is 10.2 Å². The molecule has 8 nitrogen and oxygen atoms in total. The average molecular weight is 701 g/mol. The van der Waals surface area contributed by atoms with Crippen LogP contribution in [0.5, 0.6) is 0 Å². The number of fused-ring (bicyclic) bond motifs is 1. The van der Waals surface area contributed by atoms with Gasteiger partial charge in [0, 0.05) is 37.5 Å². The summed E-state index contributed by atoms with van der Waals surface area (Å²) in [4.78, 5) is 25.9. The molecule has 1 aliphatic heterocycles. The zero-order chi connectivity index (χ0) is 36.8. The van der Waals surface area contributed by atoms with E-state index in [1.54, 1.807) is 6.92 Å². The smallest absolute Gasteiger partial charge is 0.303 e.